The van der Waals surface area contributed by atoms with Crippen LogP contribution in [0.1, 0.15) is 40.5 Å². The van der Waals surface area contributed by atoms with Crippen molar-refractivity contribution < 1.29 is 19.1 Å². The van der Waals surface area contributed by atoms with Gasteiger partial charge >= 0.3 is 5.97 Å². The molecule has 6 nitrogen and oxygen atoms in total. The molecule has 0 rings (SSSR count). The largest absolute Gasteiger partial charge is 0.460 e. The fraction of sp³-hybridized carbons (Fsp3) is 0.643. The Bertz CT molecular complexity index is 379. The van der Waals surface area contributed by atoms with Crippen LogP contribution in [0.15, 0.2) is 12.2 Å². The van der Waals surface area contributed by atoms with Crippen molar-refractivity contribution >= 4 is 17.8 Å². The van der Waals surface area contributed by atoms with E-state index in [9.17, 15) is 14.4 Å². The summed E-state index contributed by atoms with van der Waals surface area (Å²) in [5.74, 6) is -0.829. The highest BCUT2D eigenvalue weighted by molar-refractivity contribution is 5.87. The maximum Gasteiger partial charge on any atom is 0.333 e. The molecule has 0 aromatic rings. The van der Waals surface area contributed by atoms with Gasteiger partial charge in [-0.25, -0.2) is 4.79 Å². The molecule has 2 unspecified atom stereocenters. The second-order valence-corrected chi connectivity index (χ2v) is 4.82. The van der Waals surface area contributed by atoms with Crippen molar-refractivity contribution in [1.82, 2.24) is 10.6 Å². The molecule has 0 aromatic heterocycles. The summed E-state index contributed by atoms with van der Waals surface area (Å²) in [6.07, 6.45) is 1.23. The molecule has 0 aromatic carbocycles. The quantitative estimate of drug-likeness (QED) is 0.512. The maximum atomic E-state index is 11.4. The van der Waals surface area contributed by atoms with Crippen molar-refractivity contribution in [2.75, 3.05) is 6.61 Å². The van der Waals surface area contributed by atoms with Crippen LogP contribution in [0.25, 0.3) is 0 Å². The third kappa shape index (κ3) is 8.29. The van der Waals surface area contributed by atoms with Gasteiger partial charge in [0.05, 0.1) is 6.04 Å². The smallest absolute Gasteiger partial charge is 0.333 e. The minimum atomic E-state index is -0.493. The van der Waals surface area contributed by atoms with Gasteiger partial charge in [0.2, 0.25) is 11.8 Å². The maximum absolute atomic E-state index is 11.4. The summed E-state index contributed by atoms with van der Waals surface area (Å²) < 4.78 is 5.05. The van der Waals surface area contributed by atoms with Crippen molar-refractivity contribution in [3.8, 4) is 0 Å². The van der Waals surface area contributed by atoms with E-state index in [-0.39, 0.29) is 30.5 Å². The second-order valence-electron chi connectivity index (χ2n) is 4.82. The standard InChI is InChI=1S/C14H24N2O4/c1-6-12(15-10(4)17)7-13(16-11(5)18)8-20-14(19)9(2)3/h12-13H,2,6-8H2,1,3-5H3,(H,15,17)(H,16,18). The lowest BCUT2D eigenvalue weighted by atomic mass is 10.1. The van der Waals surface area contributed by atoms with Gasteiger partial charge in [-0.2, -0.15) is 0 Å². The zero-order chi connectivity index (χ0) is 15.7. The van der Waals surface area contributed by atoms with Crippen molar-refractivity contribution in [3.63, 3.8) is 0 Å². The van der Waals surface area contributed by atoms with E-state index in [1.54, 1.807) is 6.92 Å². The first-order chi connectivity index (χ1) is 9.26. The summed E-state index contributed by atoms with van der Waals surface area (Å²) in [7, 11) is 0. The predicted octanol–water partition coefficient (Wildman–Crippen LogP) is 0.915. The van der Waals surface area contributed by atoms with Gasteiger partial charge in [-0.15, -0.1) is 0 Å². The van der Waals surface area contributed by atoms with E-state index in [4.69, 9.17) is 4.74 Å². The van der Waals surface area contributed by atoms with Crippen LogP contribution in [0, 0.1) is 0 Å². The Hall–Kier alpha value is -1.85. The molecule has 0 fully saturated rings. The van der Waals surface area contributed by atoms with Crippen LogP contribution in [0.3, 0.4) is 0 Å². The molecule has 2 atom stereocenters. The first kappa shape index (κ1) is 18.1. The highest BCUT2D eigenvalue weighted by atomic mass is 16.5. The Labute approximate surface area is 119 Å². The van der Waals surface area contributed by atoms with Crippen LogP contribution < -0.4 is 10.6 Å². The number of hydrogen-bond acceptors (Lipinski definition) is 4. The first-order valence-electron chi connectivity index (χ1n) is 6.63. The molecule has 6 heteroatoms. The Morgan fingerprint density at radius 3 is 1.95 bits per heavy atom. The SMILES string of the molecule is C=C(C)C(=O)OCC(CC(CC)NC(C)=O)NC(C)=O. The zero-order valence-electron chi connectivity index (χ0n) is 12.6. The summed E-state index contributed by atoms with van der Waals surface area (Å²) in [6.45, 7) is 9.88. The molecule has 0 bridgehead atoms. The number of hydrogen-bond donors (Lipinski definition) is 2. The zero-order valence-corrected chi connectivity index (χ0v) is 12.6. The van der Waals surface area contributed by atoms with Crippen molar-refractivity contribution in [1.29, 1.82) is 0 Å². The molecule has 0 saturated heterocycles. The van der Waals surface area contributed by atoms with Gasteiger partial charge in [0, 0.05) is 25.5 Å². The average molecular weight is 284 g/mol. The molecule has 0 radical (unpaired) electrons. The van der Waals surface area contributed by atoms with Crippen LogP contribution in [-0.4, -0.2) is 36.5 Å². The fourth-order valence-electron chi connectivity index (χ4n) is 1.71. The Kier molecular flexibility index (Phi) is 8.27. The summed E-state index contributed by atoms with van der Waals surface area (Å²) in [5.41, 5.74) is 0.306. The molecule has 0 spiro atoms. The molecule has 2 N–H and O–H groups in total. The van der Waals surface area contributed by atoms with Gasteiger partial charge < -0.3 is 15.4 Å². The van der Waals surface area contributed by atoms with Crippen molar-refractivity contribution in [2.24, 2.45) is 0 Å². The molecular formula is C14H24N2O4. The number of nitrogens with one attached hydrogen (secondary N) is 2. The number of ether oxygens (including phenoxy) is 1. The highest BCUT2D eigenvalue weighted by Crippen LogP contribution is 2.05. The van der Waals surface area contributed by atoms with Gasteiger partial charge in [-0.1, -0.05) is 13.5 Å². The lowest BCUT2D eigenvalue weighted by Gasteiger charge is -2.23. The molecule has 20 heavy (non-hydrogen) atoms. The average Bonchev–Trinajstić information content (AvgIpc) is 2.33. The van der Waals surface area contributed by atoms with E-state index in [0.717, 1.165) is 6.42 Å². The minimum Gasteiger partial charge on any atom is -0.460 e. The molecular weight excluding hydrogens is 260 g/mol. The molecule has 0 heterocycles. The summed E-state index contributed by atoms with van der Waals surface area (Å²) in [6, 6.07) is -0.416. The van der Waals surface area contributed by atoms with E-state index in [2.05, 4.69) is 17.2 Å². The Balaban J connectivity index is 4.53. The minimum absolute atomic E-state index is 0.0569. The fourth-order valence-corrected chi connectivity index (χ4v) is 1.71. The summed E-state index contributed by atoms with van der Waals surface area (Å²) in [5, 5.41) is 5.51. The molecule has 0 aliphatic carbocycles. The third-order valence-corrected chi connectivity index (χ3v) is 2.64. The second kappa shape index (κ2) is 9.12. The van der Waals surface area contributed by atoms with E-state index in [1.165, 1.54) is 13.8 Å². The van der Waals surface area contributed by atoms with Crippen LogP contribution in [0.2, 0.25) is 0 Å². The van der Waals surface area contributed by atoms with E-state index in [0.29, 0.717) is 12.0 Å². The van der Waals surface area contributed by atoms with E-state index in [1.807, 2.05) is 6.92 Å². The lowest BCUT2D eigenvalue weighted by molar-refractivity contribution is -0.140. The van der Waals surface area contributed by atoms with Crippen LogP contribution >= 0.6 is 0 Å². The monoisotopic (exact) mass is 284 g/mol. The Morgan fingerprint density at radius 2 is 1.55 bits per heavy atom. The van der Waals surface area contributed by atoms with Crippen LogP contribution in [-0.2, 0) is 19.1 Å². The molecule has 114 valence electrons. The molecule has 0 saturated carbocycles. The third-order valence-electron chi connectivity index (χ3n) is 2.64. The van der Waals surface area contributed by atoms with Gasteiger partial charge in [0.25, 0.3) is 0 Å². The van der Waals surface area contributed by atoms with E-state index >= 15 is 0 Å². The molecule has 0 aliphatic rings. The van der Waals surface area contributed by atoms with Gasteiger partial charge in [0.15, 0.2) is 0 Å². The van der Waals surface area contributed by atoms with Crippen molar-refractivity contribution in [3.05, 3.63) is 12.2 Å². The number of esters is 1. The number of rotatable bonds is 8. The van der Waals surface area contributed by atoms with Crippen molar-refractivity contribution in [2.45, 2.75) is 52.6 Å². The van der Waals surface area contributed by atoms with Crippen LogP contribution in [0.5, 0.6) is 0 Å². The normalized spacial score (nSPS) is 13.0. The summed E-state index contributed by atoms with van der Waals surface area (Å²) >= 11 is 0. The predicted molar refractivity (Wildman–Crippen MR) is 75.9 cm³/mol. The first-order valence-corrected chi connectivity index (χ1v) is 6.63. The van der Waals surface area contributed by atoms with E-state index < -0.39 is 5.97 Å². The number of carbonyl (C=O) groups excluding carboxylic acids is 3. The van der Waals surface area contributed by atoms with Gasteiger partial charge in [-0.3, -0.25) is 9.59 Å². The van der Waals surface area contributed by atoms with Crippen LogP contribution in [0.4, 0.5) is 0 Å². The summed E-state index contributed by atoms with van der Waals surface area (Å²) in [4.78, 5) is 33.6. The Morgan fingerprint density at radius 1 is 1.05 bits per heavy atom. The molecule has 2 amide bonds. The number of amides is 2. The van der Waals surface area contributed by atoms with Gasteiger partial charge in [0.1, 0.15) is 6.61 Å². The highest BCUT2D eigenvalue weighted by Gasteiger charge is 2.19. The molecule has 0 aliphatic heterocycles. The number of carbonyl (C=O) groups is 3. The topological polar surface area (TPSA) is 84.5 Å². The lowest BCUT2D eigenvalue weighted by Crippen LogP contribution is -2.44. The van der Waals surface area contributed by atoms with Gasteiger partial charge in [-0.05, 0) is 19.8 Å².